The summed E-state index contributed by atoms with van der Waals surface area (Å²) in [4.78, 5) is 46.3. The zero-order valence-corrected chi connectivity index (χ0v) is 25.2. The second kappa shape index (κ2) is 11.6. The number of anilines is 2. The highest BCUT2D eigenvalue weighted by molar-refractivity contribution is 6.34. The van der Waals surface area contributed by atoms with Gasteiger partial charge in [-0.1, -0.05) is 44.2 Å². The molecule has 0 unspecified atom stereocenters. The molecule has 1 saturated heterocycles. The molecule has 0 saturated carbocycles. The number of carbonyl (C=O) groups excluding carboxylic acids is 2. The summed E-state index contributed by atoms with van der Waals surface area (Å²) in [6.45, 7) is 14.4. The highest BCUT2D eigenvalue weighted by atomic mass is 35.5. The lowest BCUT2D eigenvalue weighted by atomic mass is 10.0. The molecule has 2 atom stereocenters. The van der Waals surface area contributed by atoms with Crippen LogP contribution in [0.15, 0.2) is 60.2 Å². The maximum absolute atomic E-state index is 15.0. The first-order valence-corrected chi connectivity index (χ1v) is 14.4. The summed E-state index contributed by atoms with van der Waals surface area (Å²) in [5.74, 6) is -0.0345. The Bertz CT molecular complexity index is 1610. The molecule has 42 heavy (non-hydrogen) atoms. The minimum atomic E-state index is -0.474. The van der Waals surface area contributed by atoms with E-state index in [1.165, 1.54) is 12.1 Å². The van der Waals surface area contributed by atoms with Crippen LogP contribution < -0.4 is 4.90 Å². The van der Waals surface area contributed by atoms with Crippen LogP contribution in [0.3, 0.4) is 0 Å². The van der Waals surface area contributed by atoms with E-state index in [2.05, 4.69) is 16.5 Å². The number of aryl methyl sites for hydroxylation is 1. The van der Waals surface area contributed by atoms with Gasteiger partial charge in [0.2, 0.25) is 5.91 Å². The normalized spacial score (nSPS) is 19.0. The first-order chi connectivity index (χ1) is 20.0. The number of carbonyl (C=O) groups is 2. The molecule has 0 radical (unpaired) electrons. The Labute approximate surface area is 250 Å². The largest absolute Gasteiger partial charge is 0.350 e. The van der Waals surface area contributed by atoms with Crippen molar-refractivity contribution in [2.24, 2.45) is 4.99 Å². The molecule has 0 spiro atoms. The van der Waals surface area contributed by atoms with Gasteiger partial charge in [-0.2, -0.15) is 0 Å². The number of fused-ring (bicyclic) bond motifs is 1. The number of aromatic nitrogens is 2. The minimum absolute atomic E-state index is 0.00877. The van der Waals surface area contributed by atoms with Crippen LogP contribution in [0.25, 0.3) is 11.3 Å². The number of aliphatic imine (C=N–C) groups is 1. The van der Waals surface area contributed by atoms with Crippen molar-refractivity contribution in [3.8, 4) is 11.3 Å². The molecule has 218 valence electrons. The van der Waals surface area contributed by atoms with E-state index in [-0.39, 0.29) is 52.6 Å². The zero-order valence-electron chi connectivity index (χ0n) is 24.4. The third-order valence-electron chi connectivity index (χ3n) is 7.79. The average molecular weight is 589 g/mol. The van der Waals surface area contributed by atoms with Crippen LogP contribution in [-0.2, 0) is 9.59 Å². The summed E-state index contributed by atoms with van der Waals surface area (Å²) in [5.41, 5.74) is 3.22. The Morgan fingerprint density at radius 1 is 1.14 bits per heavy atom. The predicted molar refractivity (Wildman–Crippen MR) is 164 cm³/mol. The smallest absolute Gasteiger partial charge is 0.254 e. The van der Waals surface area contributed by atoms with Gasteiger partial charge in [-0.15, -0.1) is 0 Å². The SMILES string of the molecule is C=CC(=O)N1C[C@H](C)N(C2=NCC(=O)N(c3c(C)ccnc3C(C)C)c3nc(-c4ccccc4F)c(Cl)cc32)C[C@H]1C. The summed E-state index contributed by atoms with van der Waals surface area (Å²) in [5, 5.41) is 0.231. The molecule has 2 aliphatic heterocycles. The van der Waals surface area contributed by atoms with E-state index in [9.17, 15) is 9.59 Å². The quantitative estimate of drug-likeness (QED) is 0.355. The van der Waals surface area contributed by atoms with Gasteiger partial charge in [-0.05, 0) is 62.6 Å². The van der Waals surface area contributed by atoms with Gasteiger partial charge in [0.05, 0.1) is 27.7 Å². The number of pyridine rings is 2. The number of benzene rings is 1. The first-order valence-electron chi connectivity index (χ1n) is 14.0. The second-order valence-corrected chi connectivity index (χ2v) is 11.5. The zero-order chi connectivity index (χ0) is 30.3. The molecule has 0 aliphatic carbocycles. The second-order valence-electron chi connectivity index (χ2n) is 11.1. The first kappa shape index (κ1) is 29.4. The van der Waals surface area contributed by atoms with Crippen molar-refractivity contribution in [2.45, 2.75) is 52.6 Å². The molecule has 5 rings (SSSR count). The van der Waals surface area contributed by atoms with Gasteiger partial charge in [-0.25, -0.2) is 9.37 Å². The third-order valence-corrected chi connectivity index (χ3v) is 8.08. The van der Waals surface area contributed by atoms with E-state index in [0.29, 0.717) is 36.0 Å². The average Bonchev–Trinajstić information content (AvgIpc) is 3.09. The Morgan fingerprint density at radius 2 is 1.88 bits per heavy atom. The lowest BCUT2D eigenvalue weighted by Gasteiger charge is -2.45. The maximum atomic E-state index is 15.0. The lowest BCUT2D eigenvalue weighted by molar-refractivity contribution is -0.130. The molecular weight excluding hydrogens is 555 g/mol. The fourth-order valence-corrected chi connectivity index (χ4v) is 5.93. The van der Waals surface area contributed by atoms with Gasteiger partial charge in [-0.3, -0.25) is 24.5 Å². The maximum Gasteiger partial charge on any atom is 0.254 e. The van der Waals surface area contributed by atoms with E-state index in [0.717, 1.165) is 11.3 Å². The topological polar surface area (TPSA) is 82.0 Å². The van der Waals surface area contributed by atoms with Gasteiger partial charge < -0.3 is 9.80 Å². The summed E-state index contributed by atoms with van der Waals surface area (Å²) in [6, 6.07) is 9.59. The lowest BCUT2D eigenvalue weighted by Crippen LogP contribution is -2.59. The summed E-state index contributed by atoms with van der Waals surface area (Å²) >= 11 is 6.83. The Balaban J connectivity index is 1.74. The molecular formula is C32H34ClFN6O2. The number of hydrogen-bond donors (Lipinski definition) is 0. The molecule has 1 aromatic carbocycles. The van der Waals surface area contributed by atoms with Crippen LogP contribution in [0.2, 0.25) is 5.02 Å². The summed E-state index contributed by atoms with van der Waals surface area (Å²) in [7, 11) is 0. The molecule has 1 fully saturated rings. The number of halogens is 2. The van der Waals surface area contributed by atoms with Crippen LogP contribution >= 0.6 is 11.6 Å². The van der Waals surface area contributed by atoms with Crippen molar-refractivity contribution in [2.75, 3.05) is 24.5 Å². The number of hydrogen-bond acceptors (Lipinski definition) is 6. The number of rotatable bonds is 4. The van der Waals surface area contributed by atoms with E-state index < -0.39 is 5.82 Å². The number of piperazine rings is 1. The monoisotopic (exact) mass is 588 g/mol. The predicted octanol–water partition coefficient (Wildman–Crippen LogP) is 5.90. The van der Waals surface area contributed by atoms with Crippen molar-refractivity contribution in [1.82, 2.24) is 19.8 Å². The van der Waals surface area contributed by atoms with Gasteiger partial charge in [0.25, 0.3) is 5.91 Å². The molecule has 3 aromatic rings. The Kier molecular flexibility index (Phi) is 8.14. The van der Waals surface area contributed by atoms with Crippen LogP contribution in [0.5, 0.6) is 0 Å². The Morgan fingerprint density at radius 3 is 2.57 bits per heavy atom. The molecule has 0 bridgehead atoms. The van der Waals surface area contributed by atoms with Crippen molar-refractivity contribution in [1.29, 1.82) is 0 Å². The van der Waals surface area contributed by atoms with Crippen LogP contribution in [0, 0.1) is 12.7 Å². The molecule has 4 heterocycles. The van der Waals surface area contributed by atoms with Gasteiger partial charge >= 0.3 is 0 Å². The number of nitrogens with zero attached hydrogens (tertiary/aromatic N) is 6. The number of amidine groups is 1. The highest BCUT2D eigenvalue weighted by Crippen LogP contribution is 2.41. The molecule has 2 aromatic heterocycles. The van der Waals surface area contributed by atoms with Crippen LogP contribution in [-0.4, -0.2) is 69.1 Å². The highest BCUT2D eigenvalue weighted by Gasteiger charge is 2.38. The van der Waals surface area contributed by atoms with E-state index in [1.807, 2.05) is 40.7 Å². The Hall–Kier alpha value is -4.11. The fourth-order valence-electron chi connectivity index (χ4n) is 5.68. The third kappa shape index (κ3) is 5.17. The van der Waals surface area contributed by atoms with Crippen LogP contribution in [0.1, 0.15) is 50.4 Å². The van der Waals surface area contributed by atoms with Gasteiger partial charge in [0.15, 0.2) is 5.82 Å². The van der Waals surface area contributed by atoms with Gasteiger partial charge in [0, 0.05) is 36.9 Å². The summed E-state index contributed by atoms with van der Waals surface area (Å²) in [6.07, 6.45) is 3.05. The van der Waals surface area contributed by atoms with E-state index in [4.69, 9.17) is 21.6 Å². The van der Waals surface area contributed by atoms with Crippen molar-refractivity contribution < 1.29 is 14.0 Å². The van der Waals surface area contributed by atoms with E-state index >= 15 is 4.39 Å². The molecule has 2 amide bonds. The van der Waals surface area contributed by atoms with Crippen LogP contribution in [0.4, 0.5) is 15.9 Å². The number of amides is 2. The molecule has 2 aliphatic rings. The molecule has 10 heteroatoms. The van der Waals surface area contributed by atoms with Gasteiger partial charge in [0.1, 0.15) is 18.2 Å². The molecule has 0 N–H and O–H groups in total. The minimum Gasteiger partial charge on any atom is -0.350 e. The standard InChI is InChI=1S/C32H34ClFN6O2/c1-7-26(41)38-16-21(6)39(17-20(38)5)31-23-14-24(33)29(22-10-8-9-11-25(22)34)37-32(23)40(27(42)15-36-31)30-19(4)12-13-35-28(30)18(2)3/h7-14,18,20-21H,1,15-17H2,2-6H3/t20-,21+/m1/s1. The van der Waals surface area contributed by atoms with Crippen molar-refractivity contribution >= 4 is 40.8 Å². The fraction of sp³-hybridized carbons (Fsp3) is 0.344. The summed E-state index contributed by atoms with van der Waals surface area (Å²) < 4.78 is 15.0. The molecule has 8 nitrogen and oxygen atoms in total. The van der Waals surface area contributed by atoms with Crippen molar-refractivity contribution in [3.05, 3.63) is 82.9 Å². The van der Waals surface area contributed by atoms with E-state index in [1.54, 1.807) is 40.3 Å². The van der Waals surface area contributed by atoms with Crippen molar-refractivity contribution in [3.63, 3.8) is 0 Å².